The number of aromatic nitrogens is 2. The van der Waals surface area contributed by atoms with Crippen molar-refractivity contribution in [2.24, 2.45) is 5.10 Å². The van der Waals surface area contributed by atoms with Gasteiger partial charge in [-0.3, -0.25) is 19.5 Å². The summed E-state index contributed by atoms with van der Waals surface area (Å²) in [6.45, 7) is 5.24. The third-order valence-corrected chi connectivity index (χ3v) is 4.13. The van der Waals surface area contributed by atoms with Gasteiger partial charge in [0.1, 0.15) is 5.76 Å². The van der Waals surface area contributed by atoms with Crippen LogP contribution in [0.2, 0.25) is 0 Å². The SMILES string of the molecule is Cc1cc(-n2c(C)cc(/C=N\NC(=O)COc3ccccc3[N+](=O)[O-])c2C)no1. The van der Waals surface area contributed by atoms with Crippen LogP contribution in [0.25, 0.3) is 5.82 Å². The van der Waals surface area contributed by atoms with Gasteiger partial charge in [0.2, 0.25) is 0 Å². The number of aryl methyl sites for hydroxylation is 2. The molecule has 0 saturated heterocycles. The number of nitrogens with one attached hydrogen (secondary N) is 1. The molecule has 0 spiro atoms. The summed E-state index contributed by atoms with van der Waals surface area (Å²) in [5, 5.41) is 18.9. The number of para-hydroxylation sites is 2. The maximum atomic E-state index is 11.9. The molecule has 1 amide bonds. The quantitative estimate of drug-likeness (QED) is 0.371. The molecule has 1 aromatic carbocycles. The topological polar surface area (TPSA) is 125 Å². The first-order chi connectivity index (χ1) is 13.9. The highest BCUT2D eigenvalue weighted by molar-refractivity contribution is 5.84. The fourth-order valence-corrected chi connectivity index (χ4v) is 2.81. The number of ether oxygens (including phenoxy) is 1. The Balaban J connectivity index is 1.62. The molecule has 3 rings (SSSR count). The molecule has 2 heterocycles. The highest BCUT2D eigenvalue weighted by atomic mass is 16.6. The normalized spacial score (nSPS) is 11.0. The molecular weight excluding hydrogens is 378 g/mol. The van der Waals surface area contributed by atoms with Crippen molar-refractivity contribution in [3.63, 3.8) is 0 Å². The van der Waals surface area contributed by atoms with E-state index in [1.807, 2.05) is 37.5 Å². The van der Waals surface area contributed by atoms with E-state index in [4.69, 9.17) is 9.26 Å². The van der Waals surface area contributed by atoms with Crippen LogP contribution in [-0.4, -0.2) is 33.4 Å². The Morgan fingerprint density at radius 1 is 1.34 bits per heavy atom. The van der Waals surface area contributed by atoms with Gasteiger partial charge in [-0.1, -0.05) is 17.3 Å². The van der Waals surface area contributed by atoms with E-state index in [0.717, 1.165) is 17.0 Å². The second-order valence-corrected chi connectivity index (χ2v) is 6.26. The smallest absolute Gasteiger partial charge is 0.310 e. The lowest BCUT2D eigenvalue weighted by atomic mass is 10.3. The number of benzene rings is 1. The van der Waals surface area contributed by atoms with E-state index >= 15 is 0 Å². The fraction of sp³-hybridized carbons (Fsp3) is 0.211. The number of hydrogen-bond acceptors (Lipinski definition) is 7. The Hall–Kier alpha value is -3.95. The number of rotatable bonds is 7. The van der Waals surface area contributed by atoms with Gasteiger partial charge < -0.3 is 9.26 Å². The van der Waals surface area contributed by atoms with Crippen molar-refractivity contribution >= 4 is 17.8 Å². The van der Waals surface area contributed by atoms with Crippen molar-refractivity contribution < 1.29 is 19.0 Å². The van der Waals surface area contributed by atoms with E-state index in [0.29, 0.717) is 11.6 Å². The average molecular weight is 397 g/mol. The van der Waals surface area contributed by atoms with Crippen LogP contribution in [0.3, 0.4) is 0 Å². The third kappa shape index (κ3) is 4.49. The summed E-state index contributed by atoms with van der Waals surface area (Å²) < 4.78 is 12.3. The lowest BCUT2D eigenvalue weighted by Gasteiger charge is -2.05. The summed E-state index contributed by atoms with van der Waals surface area (Å²) in [7, 11) is 0. The van der Waals surface area contributed by atoms with Crippen LogP contribution in [-0.2, 0) is 4.79 Å². The molecule has 1 N–H and O–H groups in total. The molecule has 0 unspecified atom stereocenters. The van der Waals surface area contributed by atoms with E-state index in [1.54, 1.807) is 6.07 Å². The largest absolute Gasteiger partial charge is 0.477 e. The molecule has 10 heteroatoms. The van der Waals surface area contributed by atoms with E-state index in [2.05, 4.69) is 15.7 Å². The zero-order chi connectivity index (χ0) is 21.0. The van der Waals surface area contributed by atoms with Gasteiger partial charge in [0.25, 0.3) is 5.91 Å². The first-order valence-electron chi connectivity index (χ1n) is 8.67. The van der Waals surface area contributed by atoms with Crippen LogP contribution in [0.15, 0.2) is 46.0 Å². The second-order valence-electron chi connectivity index (χ2n) is 6.26. The van der Waals surface area contributed by atoms with Crippen LogP contribution in [0.5, 0.6) is 5.75 Å². The molecule has 0 saturated carbocycles. The molecule has 3 aromatic rings. The minimum absolute atomic E-state index is 0.0167. The number of nitrogens with zero attached hydrogens (tertiary/aromatic N) is 4. The van der Waals surface area contributed by atoms with E-state index in [-0.39, 0.29) is 11.4 Å². The van der Waals surface area contributed by atoms with E-state index < -0.39 is 17.4 Å². The average Bonchev–Trinajstić information content (AvgIpc) is 3.22. The molecule has 0 aliphatic rings. The third-order valence-electron chi connectivity index (χ3n) is 4.13. The van der Waals surface area contributed by atoms with Gasteiger partial charge >= 0.3 is 5.69 Å². The van der Waals surface area contributed by atoms with Crippen LogP contribution in [0.4, 0.5) is 5.69 Å². The maximum absolute atomic E-state index is 11.9. The van der Waals surface area contributed by atoms with E-state index in [1.165, 1.54) is 24.4 Å². The summed E-state index contributed by atoms with van der Waals surface area (Å²) in [4.78, 5) is 22.3. The number of carbonyl (C=O) groups is 1. The predicted octanol–water partition coefficient (Wildman–Crippen LogP) is 2.83. The van der Waals surface area contributed by atoms with Crippen molar-refractivity contribution in [1.82, 2.24) is 15.1 Å². The van der Waals surface area contributed by atoms with Crippen LogP contribution in [0, 0.1) is 30.9 Å². The molecule has 10 nitrogen and oxygen atoms in total. The van der Waals surface area contributed by atoms with Crippen molar-refractivity contribution in [3.05, 3.63) is 69.2 Å². The molecular formula is C19H19N5O5. The molecule has 0 radical (unpaired) electrons. The molecule has 29 heavy (non-hydrogen) atoms. The second kappa shape index (κ2) is 8.38. The monoisotopic (exact) mass is 397 g/mol. The summed E-state index contributed by atoms with van der Waals surface area (Å²) in [6, 6.07) is 9.56. The Labute approximate surface area is 165 Å². The molecule has 0 aliphatic heterocycles. The predicted molar refractivity (Wildman–Crippen MR) is 104 cm³/mol. The van der Waals surface area contributed by atoms with Gasteiger partial charge in [-0.25, -0.2) is 5.43 Å². The van der Waals surface area contributed by atoms with Crippen molar-refractivity contribution in [2.75, 3.05) is 6.61 Å². The first kappa shape index (κ1) is 19.8. The van der Waals surface area contributed by atoms with Crippen LogP contribution < -0.4 is 10.2 Å². The molecule has 0 fully saturated rings. The number of carbonyl (C=O) groups excluding carboxylic acids is 1. The molecule has 150 valence electrons. The van der Waals surface area contributed by atoms with Gasteiger partial charge in [0.15, 0.2) is 18.2 Å². The van der Waals surface area contributed by atoms with Gasteiger partial charge in [0, 0.05) is 29.1 Å². The van der Waals surface area contributed by atoms with Gasteiger partial charge in [-0.05, 0) is 32.9 Å². The Morgan fingerprint density at radius 3 is 2.79 bits per heavy atom. The zero-order valence-corrected chi connectivity index (χ0v) is 16.1. The standard InChI is InChI=1S/C19H19N5O5/c1-12-8-15(14(3)23(12)18-9-13(2)29-22-18)10-20-21-19(25)11-28-17-7-5-4-6-16(17)24(26)27/h4-10H,11H2,1-3H3,(H,21,25)/b20-10-. The number of nitro benzene ring substituents is 1. The summed E-state index contributed by atoms with van der Waals surface area (Å²) in [5.41, 5.74) is 4.74. The molecule has 0 atom stereocenters. The van der Waals surface area contributed by atoms with Crippen molar-refractivity contribution in [3.8, 4) is 11.6 Å². The Bertz CT molecular complexity index is 1080. The molecule has 0 aliphatic carbocycles. The minimum atomic E-state index is -0.572. The summed E-state index contributed by atoms with van der Waals surface area (Å²) in [6.07, 6.45) is 1.51. The van der Waals surface area contributed by atoms with E-state index in [9.17, 15) is 14.9 Å². The summed E-state index contributed by atoms with van der Waals surface area (Å²) >= 11 is 0. The lowest BCUT2D eigenvalue weighted by molar-refractivity contribution is -0.385. The highest BCUT2D eigenvalue weighted by Gasteiger charge is 2.15. The minimum Gasteiger partial charge on any atom is -0.477 e. The lowest BCUT2D eigenvalue weighted by Crippen LogP contribution is -2.24. The van der Waals surface area contributed by atoms with Gasteiger partial charge in [-0.2, -0.15) is 5.10 Å². The first-order valence-corrected chi connectivity index (χ1v) is 8.67. The highest BCUT2D eigenvalue weighted by Crippen LogP contribution is 2.25. The molecule has 2 aromatic heterocycles. The van der Waals surface area contributed by atoms with Gasteiger partial charge in [0.05, 0.1) is 11.1 Å². The molecule has 0 bridgehead atoms. The Kier molecular flexibility index (Phi) is 5.72. The van der Waals surface area contributed by atoms with Crippen molar-refractivity contribution in [2.45, 2.75) is 20.8 Å². The fourth-order valence-electron chi connectivity index (χ4n) is 2.81. The van der Waals surface area contributed by atoms with Crippen molar-refractivity contribution in [1.29, 1.82) is 0 Å². The zero-order valence-electron chi connectivity index (χ0n) is 16.1. The number of hydrazone groups is 1. The summed E-state index contributed by atoms with van der Waals surface area (Å²) in [5.74, 6) is 0.844. The van der Waals surface area contributed by atoms with Crippen LogP contribution >= 0.6 is 0 Å². The van der Waals surface area contributed by atoms with Gasteiger partial charge in [-0.15, -0.1) is 0 Å². The van der Waals surface area contributed by atoms with Crippen LogP contribution in [0.1, 0.15) is 22.7 Å². The number of nitro groups is 1. The maximum Gasteiger partial charge on any atom is 0.310 e. The Morgan fingerprint density at radius 2 is 2.10 bits per heavy atom. The number of amides is 1. The number of hydrogen-bond donors (Lipinski definition) is 1.